The van der Waals surface area contributed by atoms with Crippen LogP contribution in [0.15, 0.2) is 64.5 Å². The average molecular weight is 382 g/mol. The van der Waals surface area contributed by atoms with Crippen LogP contribution >= 0.6 is 0 Å². The maximum Gasteiger partial charge on any atom is 0.267 e. The fourth-order valence-corrected chi connectivity index (χ4v) is 5.21. The fourth-order valence-electron chi connectivity index (χ4n) is 3.67. The largest absolute Gasteiger partial charge is 0.338 e. The Labute approximate surface area is 159 Å². The number of carbonyl (C=O) groups is 1. The molecule has 5 nitrogen and oxygen atoms in total. The van der Waals surface area contributed by atoms with Crippen molar-refractivity contribution in [2.45, 2.75) is 31.1 Å². The molecule has 0 atom stereocenters. The van der Waals surface area contributed by atoms with Crippen LogP contribution in [0.1, 0.15) is 24.8 Å². The Balaban J connectivity index is 1.86. The topological polar surface area (TPSA) is 57.7 Å². The van der Waals surface area contributed by atoms with Crippen LogP contribution in [0.3, 0.4) is 0 Å². The Morgan fingerprint density at radius 1 is 0.963 bits per heavy atom. The SMILES string of the molecule is Cc1cccc(N2C=C(C(=O)N3CCCCC3)S(=O)(=O)c3ccccc32)c1. The average Bonchev–Trinajstić information content (AvgIpc) is 2.68. The lowest BCUT2D eigenvalue weighted by molar-refractivity contribution is -0.127. The number of likely N-dealkylation sites (tertiary alicyclic amines) is 1. The molecule has 2 aromatic rings. The predicted octanol–water partition coefficient (Wildman–Crippen LogP) is 3.77. The van der Waals surface area contributed by atoms with Crippen molar-refractivity contribution in [3.05, 3.63) is 65.2 Å². The molecule has 6 heteroatoms. The van der Waals surface area contributed by atoms with Gasteiger partial charge < -0.3 is 9.80 Å². The molecular formula is C21H22N2O3S. The van der Waals surface area contributed by atoms with Crippen LogP contribution in [0.2, 0.25) is 0 Å². The van der Waals surface area contributed by atoms with Gasteiger partial charge in [-0.25, -0.2) is 8.42 Å². The van der Waals surface area contributed by atoms with E-state index in [9.17, 15) is 13.2 Å². The molecule has 4 rings (SSSR count). The highest BCUT2D eigenvalue weighted by Crippen LogP contribution is 2.40. The van der Waals surface area contributed by atoms with E-state index in [2.05, 4.69) is 0 Å². The van der Waals surface area contributed by atoms with E-state index in [4.69, 9.17) is 0 Å². The number of carbonyl (C=O) groups excluding carboxylic acids is 1. The smallest absolute Gasteiger partial charge is 0.267 e. The number of hydrogen-bond donors (Lipinski definition) is 0. The maximum atomic E-state index is 13.2. The van der Waals surface area contributed by atoms with E-state index < -0.39 is 15.7 Å². The summed E-state index contributed by atoms with van der Waals surface area (Å²) in [6.45, 7) is 3.20. The Bertz CT molecular complexity index is 1020. The van der Waals surface area contributed by atoms with Crippen molar-refractivity contribution in [1.29, 1.82) is 0 Å². The summed E-state index contributed by atoms with van der Waals surface area (Å²) in [5, 5.41) is 0. The molecule has 0 saturated carbocycles. The third kappa shape index (κ3) is 3.14. The van der Waals surface area contributed by atoms with E-state index >= 15 is 0 Å². The van der Waals surface area contributed by atoms with Crippen molar-refractivity contribution in [2.24, 2.45) is 0 Å². The molecule has 1 fully saturated rings. The Hall–Kier alpha value is -2.60. The summed E-state index contributed by atoms with van der Waals surface area (Å²) in [7, 11) is -3.85. The van der Waals surface area contributed by atoms with Gasteiger partial charge in [0.1, 0.15) is 0 Å². The second-order valence-corrected chi connectivity index (χ2v) is 8.91. The number of hydrogen-bond acceptors (Lipinski definition) is 4. The number of aryl methyl sites for hydroxylation is 1. The molecule has 27 heavy (non-hydrogen) atoms. The number of anilines is 2. The zero-order chi connectivity index (χ0) is 19.0. The van der Waals surface area contributed by atoms with Gasteiger partial charge in [0.2, 0.25) is 9.84 Å². The van der Waals surface area contributed by atoms with Crippen molar-refractivity contribution in [3.63, 3.8) is 0 Å². The molecular weight excluding hydrogens is 360 g/mol. The molecule has 0 N–H and O–H groups in total. The molecule has 140 valence electrons. The van der Waals surface area contributed by atoms with E-state index in [0.717, 1.165) is 30.5 Å². The maximum absolute atomic E-state index is 13.2. The Kier molecular flexibility index (Phi) is 4.52. The second-order valence-electron chi connectivity index (χ2n) is 7.03. The molecule has 2 aliphatic rings. The number of piperidine rings is 1. The number of nitrogens with zero attached hydrogens (tertiary/aromatic N) is 2. The zero-order valence-electron chi connectivity index (χ0n) is 15.3. The van der Waals surface area contributed by atoms with E-state index in [1.54, 1.807) is 28.0 Å². The zero-order valence-corrected chi connectivity index (χ0v) is 16.1. The normalized spacial score (nSPS) is 18.6. The molecule has 2 aromatic carbocycles. The number of para-hydroxylation sites is 1. The highest BCUT2D eigenvalue weighted by atomic mass is 32.2. The summed E-state index contributed by atoms with van der Waals surface area (Å²) >= 11 is 0. The van der Waals surface area contributed by atoms with Crippen molar-refractivity contribution < 1.29 is 13.2 Å². The molecule has 2 aliphatic heterocycles. The highest BCUT2D eigenvalue weighted by molar-refractivity contribution is 7.96. The molecule has 0 radical (unpaired) electrons. The van der Waals surface area contributed by atoms with Gasteiger partial charge in [0.25, 0.3) is 5.91 Å². The van der Waals surface area contributed by atoms with Crippen LogP contribution in [-0.4, -0.2) is 32.3 Å². The summed E-state index contributed by atoms with van der Waals surface area (Å²) in [6, 6.07) is 14.7. The van der Waals surface area contributed by atoms with Crippen molar-refractivity contribution in [3.8, 4) is 0 Å². The van der Waals surface area contributed by atoms with E-state index in [1.165, 1.54) is 6.20 Å². The monoisotopic (exact) mass is 382 g/mol. The van der Waals surface area contributed by atoms with Gasteiger partial charge in [-0.1, -0.05) is 24.3 Å². The van der Waals surface area contributed by atoms with Crippen LogP contribution in [0, 0.1) is 6.92 Å². The Morgan fingerprint density at radius 3 is 2.44 bits per heavy atom. The minimum atomic E-state index is -3.85. The van der Waals surface area contributed by atoms with E-state index in [0.29, 0.717) is 18.8 Å². The van der Waals surface area contributed by atoms with Gasteiger partial charge in [-0.3, -0.25) is 4.79 Å². The van der Waals surface area contributed by atoms with Crippen LogP contribution in [0.25, 0.3) is 0 Å². The molecule has 0 aromatic heterocycles. The summed E-state index contributed by atoms with van der Waals surface area (Å²) in [5.41, 5.74) is 2.47. The number of sulfone groups is 1. The molecule has 0 aliphatic carbocycles. The fraction of sp³-hybridized carbons (Fsp3) is 0.286. The van der Waals surface area contributed by atoms with Crippen molar-refractivity contribution in [2.75, 3.05) is 18.0 Å². The molecule has 2 heterocycles. The van der Waals surface area contributed by atoms with Gasteiger partial charge in [0, 0.05) is 25.0 Å². The molecule has 0 spiro atoms. The van der Waals surface area contributed by atoms with Gasteiger partial charge in [0.15, 0.2) is 4.91 Å². The van der Waals surface area contributed by atoms with Crippen LogP contribution in [-0.2, 0) is 14.6 Å². The van der Waals surface area contributed by atoms with Crippen molar-refractivity contribution in [1.82, 2.24) is 4.90 Å². The van der Waals surface area contributed by atoms with Crippen LogP contribution in [0.5, 0.6) is 0 Å². The van der Waals surface area contributed by atoms with Crippen LogP contribution in [0.4, 0.5) is 11.4 Å². The molecule has 0 bridgehead atoms. The third-order valence-electron chi connectivity index (χ3n) is 5.08. The lowest BCUT2D eigenvalue weighted by Crippen LogP contribution is -2.39. The second kappa shape index (κ2) is 6.85. The summed E-state index contributed by atoms with van der Waals surface area (Å²) < 4.78 is 26.4. The predicted molar refractivity (Wildman–Crippen MR) is 105 cm³/mol. The quantitative estimate of drug-likeness (QED) is 0.793. The number of amides is 1. The highest BCUT2D eigenvalue weighted by Gasteiger charge is 2.37. The number of rotatable bonds is 2. The van der Waals surface area contributed by atoms with E-state index in [1.807, 2.05) is 37.3 Å². The first kappa shape index (κ1) is 17.8. The van der Waals surface area contributed by atoms with Gasteiger partial charge in [-0.2, -0.15) is 0 Å². The first-order valence-corrected chi connectivity index (χ1v) is 10.7. The van der Waals surface area contributed by atoms with E-state index in [-0.39, 0.29) is 9.80 Å². The van der Waals surface area contributed by atoms with Crippen molar-refractivity contribution >= 4 is 27.1 Å². The minimum Gasteiger partial charge on any atom is -0.338 e. The third-order valence-corrected chi connectivity index (χ3v) is 6.87. The summed E-state index contributed by atoms with van der Waals surface area (Å²) in [5.74, 6) is -0.401. The van der Waals surface area contributed by atoms with Gasteiger partial charge in [-0.15, -0.1) is 0 Å². The van der Waals surface area contributed by atoms with Gasteiger partial charge >= 0.3 is 0 Å². The molecule has 1 saturated heterocycles. The minimum absolute atomic E-state index is 0.149. The van der Waals surface area contributed by atoms with Crippen LogP contribution < -0.4 is 4.90 Å². The summed E-state index contributed by atoms with van der Waals surface area (Å²) in [6.07, 6.45) is 4.39. The number of fused-ring (bicyclic) bond motifs is 1. The Morgan fingerprint density at radius 2 is 1.70 bits per heavy atom. The van der Waals surface area contributed by atoms with Gasteiger partial charge in [0.05, 0.1) is 10.6 Å². The number of benzene rings is 2. The first-order valence-electron chi connectivity index (χ1n) is 9.19. The molecule has 0 unspecified atom stereocenters. The summed E-state index contributed by atoms with van der Waals surface area (Å²) in [4.78, 5) is 16.6. The lowest BCUT2D eigenvalue weighted by atomic mass is 10.1. The van der Waals surface area contributed by atoms with Gasteiger partial charge in [-0.05, 0) is 56.0 Å². The first-order chi connectivity index (χ1) is 13.0. The molecule has 1 amide bonds. The standard InChI is InChI=1S/C21H22N2O3S/c1-16-8-7-9-17(14-16)23-15-20(21(24)22-12-5-2-6-13-22)27(25,26)19-11-4-3-10-18(19)23/h3-4,7-11,14-15H,2,5-6,12-13H2,1H3. The lowest BCUT2D eigenvalue weighted by Gasteiger charge is -2.32.